The molecule has 2 heterocycles. The summed E-state index contributed by atoms with van der Waals surface area (Å²) in [6.45, 7) is 4.62. The van der Waals surface area contributed by atoms with Crippen molar-refractivity contribution in [3.8, 4) is 11.1 Å². The van der Waals surface area contributed by atoms with Gasteiger partial charge in [0.05, 0.1) is 18.3 Å². The van der Waals surface area contributed by atoms with Gasteiger partial charge in [-0.1, -0.05) is 65.9 Å². The third-order valence-corrected chi connectivity index (χ3v) is 4.39. The molecule has 2 unspecified atom stereocenters. The molecule has 0 bridgehead atoms. The van der Waals surface area contributed by atoms with Gasteiger partial charge in [0, 0.05) is 0 Å². The second-order valence-corrected chi connectivity index (χ2v) is 5.88. The molecule has 24 heavy (non-hydrogen) atoms. The lowest BCUT2D eigenvalue weighted by molar-refractivity contribution is 0.621. The average molecular weight is 314 g/mol. The molecule has 0 amide bonds. The summed E-state index contributed by atoms with van der Waals surface area (Å²) in [4.78, 5) is 4.45. The SMILES string of the molecule is C=CC1NN=NC1c1ccc(-c2ccc(C3=NCC=C3)cc2)cc1. The minimum Gasteiger partial charge on any atom is -0.282 e. The first kappa shape index (κ1) is 14.6. The van der Waals surface area contributed by atoms with E-state index in [1.165, 1.54) is 11.1 Å². The molecule has 0 aliphatic carbocycles. The second kappa shape index (κ2) is 6.24. The number of hydrogen-bond acceptors (Lipinski definition) is 4. The van der Waals surface area contributed by atoms with E-state index in [1.54, 1.807) is 0 Å². The fourth-order valence-electron chi connectivity index (χ4n) is 3.02. The zero-order chi connectivity index (χ0) is 16.4. The number of aliphatic imine (C=N–C) groups is 1. The largest absolute Gasteiger partial charge is 0.282 e. The Morgan fingerprint density at radius 2 is 1.62 bits per heavy atom. The third kappa shape index (κ3) is 2.67. The normalized spacial score (nSPS) is 21.6. The van der Waals surface area contributed by atoms with Crippen LogP contribution >= 0.6 is 0 Å². The van der Waals surface area contributed by atoms with Gasteiger partial charge in [0.15, 0.2) is 0 Å². The van der Waals surface area contributed by atoms with Gasteiger partial charge in [0.25, 0.3) is 0 Å². The van der Waals surface area contributed by atoms with E-state index in [9.17, 15) is 0 Å². The van der Waals surface area contributed by atoms with Gasteiger partial charge in [-0.05, 0) is 28.3 Å². The maximum absolute atomic E-state index is 4.45. The van der Waals surface area contributed by atoms with Crippen LogP contribution in [0.1, 0.15) is 17.2 Å². The number of allylic oxidation sites excluding steroid dienone is 1. The third-order valence-electron chi connectivity index (χ3n) is 4.39. The van der Waals surface area contributed by atoms with Gasteiger partial charge < -0.3 is 0 Å². The van der Waals surface area contributed by atoms with Crippen molar-refractivity contribution in [3.05, 3.63) is 84.5 Å². The molecule has 118 valence electrons. The Balaban J connectivity index is 1.55. The number of benzene rings is 2. The van der Waals surface area contributed by atoms with Crippen LogP contribution in [0.15, 0.2) is 88.7 Å². The van der Waals surface area contributed by atoms with Crippen molar-refractivity contribution >= 4 is 5.71 Å². The molecule has 0 spiro atoms. The maximum Gasteiger partial charge on any atom is 0.123 e. The molecule has 0 aromatic heterocycles. The molecule has 0 saturated carbocycles. The zero-order valence-electron chi connectivity index (χ0n) is 13.3. The lowest BCUT2D eigenvalue weighted by atomic mass is 9.97. The fraction of sp³-hybridized carbons (Fsp3) is 0.150. The molecule has 2 aromatic carbocycles. The van der Waals surface area contributed by atoms with Crippen LogP contribution in [0.2, 0.25) is 0 Å². The van der Waals surface area contributed by atoms with Crippen molar-refractivity contribution in [2.75, 3.05) is 6.54 Å². The van der Waals surface area contributed by atoms with Crippen LogP contribution in [0.4, 0.5) is 0 Å². The van der Waals surface area contributed by atoms with Crippen LogP contribution < -0.4 is 5.43 Å². The highest BCUT2D eigenvalue weighted by atomic mass is 15.5. The highest BCUT2D eigenvalue weighted by Crippen LogP contribution is 2.29. The maximum atomic E-state index is 4.45. The Morgan fingerprint density at radius 3 is 2.25 bits per heavy atom. The summed E-state index contributed by atoms with van der Waals surface area (Å²) < 4.78 is 0. The molecule has 2 aromatic rings. The summed E-state index contributed by atoms with van der Waals surface area (Å²) in [5.41, 5.74) is 8.70. The standard InChI is InChI=1S/C20H18N4/c1-2-18-20(23-24-22-18)17-11-7-15(8-12-17)14-5-9-16(10-6-14)19-4-3-13-21-19/h2-12,18,20H,1,13H2,(H,22,23). The summed E-state index contributed by atoms with van der Waals surface area (Å²) in [6.07, 6.45) is 6.00. The molecular formula is C20H18N4. The first-order valence-electron chi connectivity index (χ1n) is 8.05. The highest BCUT2D eigenvalue weighted by molar-refractivity contribution is 6.10. The summed E-state index contributed by atoms with van der Waals surface area (Å²) in [6, 6.07) is 17.1. The molecule has 2 atom stereocenters. The van der Waals surface area contributed by atoms with Gasteiger partial charge in [0.2, 0.25) is 0 Å². The average Bonchev–Trinajstić information content (AvgIpc) is 3.33. The van der Waals surface area contributed by atoms with Crippen molar-refractivity contribution < 1.29 is 0 Å². The molecule has 0 saturated heterocycles. The van der Waals surface area contributed by atoms with Gasteiger partial charge in [-0.15, -0.1) is 6.58 Å². The predicted molar refractivity (Wildman–Crippen MR) is 97.1 cm³/mol. The molecule has 4 nitrogen and oxygen atoms in total. The first-order chi connectivity index (χ1) is 11.8. The summed E-state index contributed by atoms with van der Waals surface area (Å²) in [5.74, 6) is 0. The predicted octanol–water partition coefficient (Wildman–Crippen LogP) is 4.28. The molecule has 0 fully saturated rings. The summed E-state index contributed by atoms with van der Waals surface area (Å²) >= 11 is 0. The van der Waals surface area contributed by atoms with Gasteiger partial charge in [0.1, 0.15) is 6.04 Å². The van der Waals surface area contributed by atoms with Gasteiger partial charge >= 0.3 is 0 Å². The fourth-order valence-corrected chi connectivity index (χ4v) is 3.02. The molecule has 4 heteroatoms. The Morgan fingerprint density at radius 1 is 0.958 bits per heavy atom. The van der Waals surface area contributed by atoms with Crippen molar-refractivity contribution in [2.24, 2.45) is 15.3 Å². The molecule has 1 N–H and O–H groups in total. The van der Waals surface area contributed by atoms with E-state index >= 15 is 0 Å². The van der Waals surface area contributed by atoms with E-state index in [4.69, 9.17) is 0 Å². The molecule has 0 radical (unpaired) electrons. The van der Waals surface area contributed by atoms with E-state index in [0.717, 1.165) is 23.4 Å². The van der Waals surface area contributed by atoms with Crippen molar-refractivity contribution in [1.82, 2.24) is 5.43 Å². The van der Waals surface area contributed by atoms with Crippen LogP contribution in [0.25, 0.3) is 11.1 Å². The smallest absolute Gasteiger partial charge is 0.123 e. The van der Waals surface area contributed by atoms with E-state index in [1.807, 2.05) is 6.08 Å². The Labute approximate surface area is 141 Å². The van der Waals surface area contributed by atoms with Crippen molar-refractivity contribution in [2.45, 2.75) is 12.1 Å². The van der Waals surface area contributed by atoms with Gasteiger partial charge in [-0.25, -0.2) is 0 Å². The van der Waals surface area contributed by atoms with Gasteiger partial charge in [-0.2, -0.15) is 5.11 Å². The number of nitrogens with zero attached hydrogens (tertiary/aromatic N) is 3. The van der Waals surface area contributed by atoms with E-state index in [0.29, 0.717) is 0 Å². The van der Waals surface area contributed by atoms with Crippen molar-refractivity contribution in [1.29, 1.82) is 0 Å². The van der Waals surface area contributed by atoms with Crippen molar-refractivity contribution in [3.63, 3.8) is 0 Å². The van der Waals surface area contributed by atoms with E-state index in [2.05, 4.69) is 88.0 Å². The van der Waals surface area contributed by atoms with Gasteiger partial charge in [-0.3, -0.25) is 10.4 Å². The summed E-state index contributed by atoms with van der Waals surface area (Å²) in [7, 11) is 0. The van der Waals surface area contributed by atoms with Crippen LogP contribution in [-0.2, 0) is 0 Å². The highest BCUT2D eigenvalue weighted by Gasteiger charge is 2.24. The second-order valence-electron chi connectivity index (χ2n) is 5.88. The Kier molecular flexibility index (Phi) is 3.79. The van der Waals surface area contributed by atoms with Crippen LogP contribution in [0.5, 0.6) is 0 Å². The molecule has 4 rings (SSSR count). The number of rotatable bonds is 4. The molecule has 2 aliphatic heterocycles. The van der Waals surface area contributed by atoms with E-state index < -0.39 is 0 Å². The number of nitrogens with one attached hydrogen (secondary N) is 1. The van der Waals surface area contributed by atoms with Crippen LogP contribution in [-0.4, -0.2) is 18.3 Å². The van der Waals surface area contributed by atoms with E-state index in [-0.39, 0.29) is 12.1 Å². The topological polar surface area (TPSA) is 49.1 Å². The molecule has 2 aliphatic rings. The van der Waals surface area contributed by atoms with Crippen LogP contribution in [0.3, 0.4) is 0 Å². The zero-order valence-corrected chi connectivity index (χ0v) is 13.3. The van der Waals surface area contributed by atoms with Crippen LogP contribution in [0, 0.1) is 0 Å². The minimum atomic E-state index is 0.00564. The minimum absolute atomic E-state index is 0.00564. The lowest BCUT2D eigenvalue weighted by Crippen LogP contribution is -2.22. The first-order valence-corrected chi connectivity index (χ1v) is 8.05. The Bertz CT molecular complexity index is 829. The summed E-state index contributed by atoms with van der Waals surface area (Å²) in [5, 5.41) is 8.15. The quantitative estimate of drug-likeness (QED) is 0.841. The lowest BCUT2D eigenvalue weighted by Gasteiger charge is -2.13. The Hall–Kier alpha value is -3.01. The molecular weight excluding hydrogens is 296 g/mol. The number of hydrogen-bond donors (Lipinski definition) is 1. The monoisotopic (exact) mass is 314 g/mol.